The van der Waals surface area contributed by atoms with E-state index in [-0.39, 0.29) is 24.1 Å². The van der Waals surface area contributed by atoms with Gasteiger partial charge in [0.15, 0.2) is 0 Å². The first-order valence-corrected chi connectivity index (χ1v) is 10.8. The van der Waals surface area contributed by atoms with Crippen molar-refractivity contribution in [3.8, 4) is 0 Å². The number of nitrogens with zero attached hydrogens (tertiary/aromatic N) is 2. The highest BCUT2D eigenvalue weighted by atomic mass is 16.2. The minimum Gasteiger partial charge on any atom is -0.322 e. The summed E-state index contributed by atoms with van der Waals surface area (Å²) in [5.74, 6) is 0.129. The number of rotatable bonds is 6. The fourth-order valence-corrected chi connectivity index (χ4v) is 4.86. The van der Waals surface area contributed by atoms with Crippen molar-refractivity contribution in [2.45, 2.75) is 57.3 Å². The second-order valence-electron chi connectivity index (χ2n) is 8.91. The molecule has 154 valence electrons. The molecule has 1 aromatic rings. The van der Waals surface area contributed by atoms with Crippen molar-refractivity contribution >= 4 is 17.7 Å². The van der Waals surface area contributed by atoms with Gasteiger partial charge in [-0.1, -0.05) is 12.1 Å². The molecule has 1 saturated carbocycles. The van der Waals surface area contributed by atoms with Gasteiger partial charge < -0.3 is 10.2 Å². The molecule has 5 rings (SSSR count). The first kappa shape index (κ1) is 18.8. The lowest BCUT2D eigenvalue weighted by molar-refractivity contribution is -0.136. The lowest BCUT2D eigenvalue weighted by Crippen LogP contribution is -2.52. The van der Waals surface area contributed by atoms with Gasteiger partial charge in [0.2, 0.25) is 11.8 Å². The van der Waals surface area contributed by atoms with Crippen LogP contribution < -0.4 is 10.6 Å². The van der Waals surface area contributed by atoms with Gasteiger partial charge in [-0.25, -0.2) is 0 Å². The van der Waals surface area contributed by atoms with Crippen LogP contribution in [0.5, 0.6) is 0 Å². The fraction of sp³-hybridized carbons (Fsp3) is 0.591. The van der Waals surface area contributed by atoms with Gasteiger partial charge in [-0.05, 0) is 55.3 Å². The standard InChI is InChI=1S/C22H28N4O3/c27-20-6-5-19(21(28)24-20)26-13-16-4-3-15(9-18(16)22(26)29)12-25(11-14-1-2-14)17-7-8-23-10-17/h3-4,9,14,17,19,23H,1-2,5-8,10-13H2,(H,24,27,28). The van der Waals surface area contributed by atoms with Gasteiger partial charge in [-0.2, -0.15) is 0 Å². The Morgan fingerprint density at radius 3 is 2.69 bits per heavy atom. The average molecular weight is 396 g/mol. The summed E-state index contributed by atoms with van der Waals surface area (Å²) >= 11 is 0. The molecule has 0 radical (unpaired) electrons. The lowest BCUT2D eigenvalue weighted by atomic mass is 10.0. The largest absolute Gasteiger partial charge is 0.322 e. The summed E-state index contributed by atoms with van der Waals surface area (Å²) in [6, 6.07) is 6.21. The Labute approximate surface area is 170 Å². The van der Waals surface area contributed by atoms with Gasteiger partial charge in [0.05, 0.1) is 0 Å². The molecule has 0 spiro atoms. The van der Waals surface area contributed by atoms with Crippen LogP contribution in [-0.4, -0.2) is 59.2 Å². The van der Waals surface area contributed by atoms with Crippen LogP contribution in [0.4, 0.5) is 0 Å². The predicted octanol–water partition coefficient (Wildman–Crippen LogP) is 1.02. The second-order valence-corrected chi connectivity index (χ2v) is 8.91. The SMILES string of the molecule is O=C1CCC(N2Cc3ccc(CN(CC4CC4)C4CCNC4)cc3C2=O)C(=O)N1. The summed E-state index contributed by atoms with van der Waals surface area (Å²) in [7, 11) is 0. The highest BCUT2D eigenvalue weighted by Crippen LogP contribution is 2.32. The van der Waals surface area contributed by atoms with E-state index in [0.717, 1.165) is 43.2 Å². The van der Waals surface area contributed by atoms with Crippen LogP contribution in [0.25, 0.3) is 0 Å². The van der Waals surface area contributed by atoms with E-state index < -0.39 is 6.04 Å². The van der Waals surface area contributed by atoms with Gasteiger partial charge in [-0.3, -0.25) is 24.6 Å². The third-order valence-corrected chi connectivity index (χ3v) is 6.72. The Morgan fingerprint density at radius 2 is 1.97 bits per heavy atom. The molecule has 1 aliphatic carbocycles. The Bertz CT molecular complexity index is 844. The number of nitrogens with one attached hydrogen (secondary N) is 2. The number of benzene rings is 1. The van der Waals surface area contributed by atoms with Crippen LogP contribution in [0.3, 0.4) is 0 Å². The number of imide groups is 1. The third-order valence-electron chi connectivity index (χ3n) is 6.72. The van der Waals surface area contributed by atoms with Crippen molar-refractivity contribution in [2.75, 3.05) is 19.6 Å². The Hall–Kier alpha value is -2.25. The summed E-state index contributed by atoms with van der Waals surface area (Å²) < 4.78 is 0. The van der Waals surface area contributed by atoms with E-state index in [4.69, 9.17) is 0 Å². The number of carbonyl (C=O) groups excluding carboxylic acids is 3. The maximum absolute atomic E-state index is 13.0. The van der Waals surface area contributed by atoms with Crippen molar-refractivity contribution in [3.63, 3.8) is 0 Å². The molecule has 3 heterocycles. The van der Waals surface area contributed by atoms with Gasteiger partial charge in [0.25, 0.3) is 5.91 Å². The topological polar surface area (TPSA) is 81.8 Å². The quantitative estimate of drug-likeness (QED) is 0.702. The van der Waals surface area contributed by atoms with E-state index >= 15 is 0 Å². The molecule has 29 heavy (non-hydrogen) atoms. The normalized spacial score (nSPS) is 26.9. The van der Waals surface area contributed by atoms with Crippen LogP contribution >= 0.6 is 0 Å². The van der Waals surface area contributed by atoms with Gasteiger partial charge >= 0.3 is 0 Å². The monoisotopic (exact) mass is 396 g/mol. The van der Waals surface area contributed by atoms with Crippen molar-refractivity contribution in [2.24, 2.45) is 5.92 Å². The molecule has 3 fully saturated rings. The fourth-order valence-electron chi connectivity index (χ4n) is 4.86. The highest BCUT2D eigenvalue weighted by Gasteiger charge is 2.39. The first-order valence-electron chi connectivity index (χ1n) is 10.8. The van der Waals surface area contributed by atoms with Crippen LogP contribution in [0.15, 0.2) is 18.2 Å². The Morgan fingerprint density at radius 1 is 1.10 bits per heavy atom. The zero-order valence-electron chi connectivity index (χ0n) is 16.7. The van der Waals surface area contributed by atoms with Gasteiger partial charge in [0, 0.05) is 44.2 Å². The molecule has 2 atom stereocenters. The Balaban J connectivity index is 1.31. The van der Waals surface area contributed by atoms with Crippen LogP contribution in [0.2, 0.25) is 0 Å². The summed E-state index contributed by atoms with van der Waals surface area (Å²) in [4.78, 5) is 40.9. The summed E-state index contributed by atoms with van der Waals surface area (Å²) in [5, 5.41) is 5.83. The molecule has 4 aliphatic rings. The molecule has 3 amide bonds. The van der Waals surface area contributed by atoms with Crippen LogP contribution in [0.1, 0.15) is 53.6 Å². The molecular weight excluding hydrogens is 368 g/mol. The minimum atomic E-state index is -0.549. The Kier molecular flexibility index (Phi) is 4.87. The van der Waals surface area contributed by atoms with Crippen molar-refractivity contribution < 1.29 is 14.4 Å². The third kappa shape index (κ3) is 3.81. The number of amides is 3. The number of piperidine rings is 1. The molecular formula is C22H28N4O3. The number of hydrogen-bond acceptors (Lipinski definition) is 5. The molecule has 7 nitrogen and oxygen atoms in total. The summed E-state index contributed by atoms with van der Waals surface area (Å²) in [5.41, 5.74) is 2.85. The molecule has 3 aliphatic heterocycles. The summed E-state index contributed by atoms with van der Waals surface area (Å²) in [6.07, 6.45) is 4.54. The molecule has 2 unspecified atom stereocenters. The molecule has 2 saturated heterocycles. The zero-order valence-corrected chi connectivity index (χ0v) is 16.7. The van der Waals surface area contributed by atoms with Gasteiger partial charge in [-0.15, -0.1) is 0 Å². The zero-order chi connectivity index (χ0) is 20.0. The van der Waals surface area contributed by atoms with E-state index in [9.17, 15) is 14.4 Å². The highest BCUT2D eigenvalue weighted by molar-refractivity contribution is 6.05. The number of fused-ring (bicyclic) bond motifs is 1. The van der Waals surface area contributed by atoms with Crippen LogP contribution in [-0.2, 0) is 22.7 Å². The van der Waals surface area contributed by atoms with E-state index in [1.54, 1.807) is 4.90 Å². The molecule has 1 aromatic carbocycles. The second kappa shape index (κ2) is 7.54. The minimum absolute atomic E-state index is 0.0902. The number of carbonyl (C=O) groups is 3. The first-order chi connectivity index (χ1) is 14.1. The van der Waals surface area contributed by atoms with Crippen LogP contribution in [0, 0.1) is 5.92 Å². The maximum atomic E-state index is 13.0. The molecule has 0 bridgehead atoms. The van der Waals surface area contributed by atoms with Crippen molar-refractivity contribution in [1.82, 2.24) is 20.4 Å². The lowest BCUT2D eigenvalue weighted by Gasteiger charge is -2.29. The van der Waals surface area contributed by atoms with Gasteiger partial charge in [0.1, 0.15) is 6.04 Å². The molecule has 7 heteroatoms. The smallest absolute Gasteiger partial charge is 0.255 e. The van der Waals surface area contributed by atoms with E-state index in [0.29, 0.717) is 24.6 Å². The molecule has 2 N–H and O–H groups in total. The molecule has 0 aromatic heterocycles. The van der Waals surface area contributed by atoms with Crippen molar-refractivity contribution in [1.29, 1.82) is 0 Å². The summed E-state index contributed by atoms with van der Waals surface area (Å²) in [6.45, 7) is 4.57. The van der Waals surface area contributed by atoms with E-state index in [1.807, 2.05) is 12.1 Å². The van der Waals surface area contributed by atoms with E-state index in [2.05, 4.69) is 21.6 Å². The number of hydrogen-bond donors (Lipinski definition) is 2. The maximum Gasteiger partial charge on any atom is 0.255 e. The average Bonchev–Trinajstić information content (AvgIpc) is 3.23. The van der Waals surface area contributed by atoms with Crippen molar-refractivity contribution in [3.05, 3.63) is 34.9 Å². The van der Waals surface area contributed by atoms with E-state index in [1.165, 1.54) is 19.3 Å². The predicted molar refractivity (Wildman–Crippen MR) is 107 cm³/mol.